The molecule has 0 aliphatic heterocycles. The quantitative estimate of drug-likeness (QED) is 0.515. The fourth-order valence-corrected chi connectivity index (χ4v) is 1.04. The van der Waals surface area contributed by atoms with Gasteiger partial charge in [-0.25, -0.2) is 4.98 Å². The van der Waals surface area contributed by atoms with Crippen molar-refractivity contribution in [2.24, 2.45) is 0 Å². The van der Waals surface area contributed by atoms with E-state index >= 15 is 0 Å². The molecule has 0 unspecified atom stereocenters. The molecule has 2 nitrogen and oxygen atoms in total. The molecule has 0 spiro atoms. The maximum Gasteiger partial charge on any atom is 0.162 e. The van der Waals surface area contributed by atoms with E-state index in [1.807, 2.05) is 0 Å². The summed E-state index contributed by atoms with van der Waals surface area (Å²) in [5.74, 6) is 4.74. The Hall–Kier alpha value is -2.06. The number of pyridine rings is 1. The average molecular weight is 183 g/mol. The van der Waals surface area contributed by atoms with E-state index in [9.17, 15) is 4.79 Å². The smallest absolute Gasteiger partial charge is 0.162 e. The first-order valence-corrected chi connectivity index (χ1v) is 4.19. The van der Waals surface area contributed by atoms with Crippen LogP contribution < -0.4 is 0 Å². The summed E-state index contributed by atoms with van der Waals surface area (Å²) < 4.78 is 0. The molecule has 0 aliphatic rings. The molecule has 68 valence electrons. The average Bonchev–Trinajstić information content (AvgIpc) is 2.27. The van der Waals surface area contributed by atoms with Gasteiger partial charge in [0.15, 0.2) is 5.78 Å². The Morgan fingerprint density at radius 1 is 1.36 bits per heavy atom. The summed E-state index contributed by atoms with van der Waals surface area (Å²) in [4.78, 5) is 15.3. The monoisotopic (exact) mass is 183 g/mol. The van der Waals surface area contributed by atoms with Gasteiger partial charge in [0.2, 0.25) is 0 Å². The number of aromatic nitrogens is 1. The summed E-state index contributed by atoms with van der Waals surface area (Å²) in [5, 5.41) is 0. The van der Waals surface area contributed by atoms with E-state index in [0.717, 1.165) is 0 Å². The highest BCUT2D eigenvalue weighted by Crippen LogP contribution is 2.07. The van der Waals surface area contributed by atoms with Gasteiger partial charge in [0, 0.05) is 12.0 Å². The number of hydrogen-bond acceptors (Lipinski definition) is 2. The zero-order valence-electron chi connectivity index (χ0n) is 7.87. The summed E-state index contributed by atoms with van der Waals surface area (Å²) in [6.07, 6.45) is 10.8. The molecule has 0 N–H and O–H groups in total. The maximum atomic E-state index is 11.4. The van der Waals surface area contributed by atoms with Gasteiger partial charge < -0.3 is 0 Å². The number of carbonyl (C=O) groups is 1. The van der Waals surface area contributed by atoms with Crippen molar-refractivity contribution in [3.8, 4) is 24.7 Å². The highest BCUT2D eigenvalue weighted by molar-refractivity contribution is 5.96. The molecule has 0 saturated carbocycles. The molecule has 0 amide bonds. The van der Waals surface area contributed by atoms with E-state index in [0.29, 0.717) is 23.4 Å². The molecular weight excluding hydrogens is 174 g/mol. The van der Waals surface area contributed by atoms with Crippen molar-refractivity contribution in [3.63, 3.8) is 0 Å². The molecule has 1 rings (SSSR count). The first kappa shape index (κ1) is 10.0. The third-order valence-electron chi connectivity index (χ3n) is 1.76. The van der Waals surface area contributed by atoms with Crippen LogP contribution in [0.3, 0.4) is 0 Å². The normalized spacial score (nSPS) is 8.79. The molecule has 0 fully saturated rings. The van der Waals surface area contributed by atoms with Crippen LogP contribution in [-0.4, -0.2) is 10.8 Å². The number of hydrogen-bond donors (Lipinski definition) is 0. The molecule has 0 aromatic carbocycles. The maximum absolute atomic E-state index is 11.4. The summed E-state index contributed by atoms with van der Waals surface area (Å²) >= 11 is 0. The standard InChI is InChI=1S/C12H9NO/c1-4-10-7-9(12(14)6-3)8-11(5-2)13-10/h1-2,7-8H,6H2,3H3. The Morgan fingerprint density at radius 2 is 1.86 bits per heavy atom. The molecule has 0 aliphatic carbocycles. The summed E-state index contributed by atoms with van der Waals surface area (Å²) in [7, 11) is 0. The molecule has 0 bridgehead atoms. The highest BCUT2D eigenvalue weighted by atomic mass is 16.1. The van der Waals surface area contributed by atoms with Crippen molar-refractivity contribution < 1.29 is 4.79 Å². The molecule has 0 atom stereocenters. The molecule has 1 aromatic rings. The zero-order valence-corrected chi connectivity index (χ0v) is 7.87. The lowest BCUT2D eigenvalue weighted by atomic mass is 10.1. The van der Waals surface area contributed by atoms with Gasteiger partial charge in [-0.15, -0.1) is 12.8 Å². The SMILES string of the molecule is C#Cc1cc(C(=O)CC)cc(C#C)n1. The Balaban J connectivity index is 3.27. The predicted molar refractivity (Wildman–Crippen MR) is 54.7 cm³/mol. The second kappa shape index (κ2) is 4.25. The van der Waals surface area contributed by atoms with Gasteiger partial charge >= 0.3 is 0 Å². The molecule has 0 saturated heterocycles. The fourth-order valence-electron chi connectivity index (χ4n) is 1.04. The lowest BCUT2D eigenvalue weighted by molar-refractivity contribution is 0.0988. The van der Waals surface area contributed by atoms with Crippen molar-refractivity contribution >= 4 is 5.78 Å². The molecule has 2 heteroatoms. The molecular formula is C12H9NO. The minimum atomic E-state index is 0.0143. The first-order valence-electron chi connectivity index (χ1n) is 4.19. The van der Waals surface area contributed by atoms with Crippen LogP contribution >= 0.6 is 0 Å². The van der Waals surface area contributed by atoms with Crippen LogP contribution in [0, 0.1) is 24.7 Å². The molecule has 1 heterocycles. The van der Waals surface area contributed by atoms with E-state index < -0.39 is 0 Å². The van der Waals surface area contributed by atoms with Gasteiger partial charge in [-0.3, -0.25) is 4.79 Å². The summed E-state index contributed by atoms with van der Waals surface area (Å²) in [6, 6.07) is 3.15. The van der Waals surface area contributed by atoms with Crippen LogP contribution in [0.1, 0.15) is 35.1 Å². The Bertz CT molecular complexity index is 414. The largest absolute Gasteiger partial charge is 0.294 e. The minimum Gasteiger partial charge on any atom is -0.294 e. The van der Waals surface area contributed by atoms with Gasteiger partial charge in [-0.1, -0.05) is 18.8 Å². The number of Topliss-reactive ketones (excluding diaryl/α,β-unsaturated/α-hetero) is 1. The number of nitrogens with zero attached hydrogens (tertiary/aromatic N) is 1. The fraction of sp³-hybridized carbons (Fsp3) is 0.167. The number of rotatable bonds is 2. The van der Waals surface area contributed by atoms with E-state index in [2.05, 4.69) is 16.8 Å². The number of carbonyl (C=O) groups excluding carboxylic acids is 1. The van der Waals surface area contributed by atoms with Crippen LogP contribution in [0.25, 0.3) is 0 Å². The Morgan fingerprint density at radius 3 is 2.21 bits per heavy atom. The highest BCUT2D eigenvalue weighted by Gasteiger charge is 2.05. The molecule has 1 aromatic heterocycles. The van der Waals surface area contributed by atoms with Crippen molar-refractivity contribution in [3.05, 3.63) is 29.1 Å². The van der Waals surface area contributed by atoms with Crippen LogP contribution in [0.2, 0.25) is 0 Å². The van der Waals surface area contributed by atoms with Crippen molar-refractivity contribution in [2.75, 3.05) is 0 Å². The van der Waals surface area contributed by atoms with Crippen LogP contribution in [0.15, 0.2) is 12.1 Å². The van der Waals surface area contributed by atoms with Gasteiger partial charge in [-0.2, -0.15) is 0 Å². The third kappa shape index (κ3) is 2.00. The number of ketones is 1. The lowest BCUT2D eigenvalue weighted by Gasteiger charge is -1.99. The van der Waals surface area contributed by atoms with E-state index in [1.165, 1.54) is 0 Å². The van der Waals surface area contributed by atoms with Crippen LogP contribution in [-0.2, 0) is 0 Å². The van der Waals surface area contributed by atoms with E-state index in [1.54, 1.807) is 19.1 Å². The van der Waals surface area contributed by atoms with Gasteiger partial charge in [0.25, 0.3) is 0 Å². The van der Waals surface area contributed by atoms with Crippen LogP contribution in [0.5, 0.6) is 0 Å². The second-order valence-corrected chi connectivity index (χ2v) is 2.69. The lowest BCUT2D eigenvalue weighted by Crippen LogP contribution is -2.00. The minimum absolute atomic E-state index is 0.0143. The van der Waals surface area contributed by atoms with E-state index in [-0.39, 0.29) is 5.78 Å². The Kier molecular flexibility index (Phi) is 3.05. The van der Waals surface area contributed by atoms with Crippen molar-refractivity contribution in [1.82, 2.24) is 4.98 Å². The third-order valence-corrected chi connectivity index (χ3v) is 1.76. The summed E-state index contributed by atoms with van der Waals surface area (Å²) in [5.41, 5.74) is 1.33. The second-order valence-electron chi connectivity index (χ2n) is 2.69. The van der Waals surface area contributed by atoms with Crippen molar-refractivity contribution in [2.45, 2.75) is 13.3 Å². The molecule has 14 heavy (non-hydrogen) atoms. The van der Waals surface area contributed by atoms with Gasteiger partial charge in [0.1, 0.15) is 11.4 Å². The van der Waals surface area contributed by atoms with Crippen molar-refractivity contribution in [1.29, 1.82) is 0 Å². The van der Waals surface area contributed by atoms with E-state index in [4.69, 9.17) is 12.8 Å². The molecule has 0 radical (unpaired) electrons. The number of terminal acetylenes is 2. The predicted octanol–water partition coefficient (Wildman–Crippen LogP) is 1.64. The summed E-state index contributed by atoms with van der Waals surface area (Å²) in [6.45, 7) is 1.79. The zero-order chi connectivity index (χ0) is 10.6. The topological polar surface area (TPSA) is 30.0 Å². The Labute approximate surface area is 83.4 Å². The van der Waals surface area contributed by atoms with Gasteiger partial charge in [-0.05, 0) is 12.1 Å². The van der Waals surface area contributed by atoms with Gasteiger partial charge in [0.05, 0.1) is 0 Å². The first-order chi connectivity index (χ1) is 6.71. The van der Waals surface area contributed by atoms with Crippen LogP contribution in [0.4, 0.5) is 0 Å².